The molecule has 1 unspecified atom stereocenters. The minimum atomic E-state index is -1.00. The lowest BCUT2D eigenvalue weighted by molar-refractivity contribution is 0.681. The van der Waals surface area contributed by atoms with Crippen LogP contribution in [0, 0.1) is 0 Å². The summed E-state index contributed by atoms with van der Waals surface area (Å²) in [4.78, 5) is 4.31. The molecular weight excluding hydrogens is 282 g/mol. The molecule has 0 saturated carbocycles. The van der Waals surface area contributed by atoms with Crippen LogP contribution in [0.3, 0.4) is 0 Å². The zero-order valence-electron chi connectivity index (χ0n) is 11.9. The maximum atomic E-state index is 12.3. The highest BCUT2D eigenvalue weighted by atomic mass is 32.2. The molecule has 0 amide bonds. The molecule has 1 heterocycles. The maximum absolute atomic E-state index is 12.3. The van der Waals surface area contributed by atoms with Gasteiger partial charge in [-0.05, 0) is 16.3 Å². The van der Waals surface area contributed by atoms with Crippen LogP contribution in [0.1, 0.15) is 24.1 Å². The number of aromatic nitrogens is 3. The van der Waals surface area contributed by atoms with Crippen LogP contribution in [-0.4, -0.2) is 19.4 Å². The number of nitrogens with zero attached hydrogens (tertiary/aromatic N) is 2. The summed E-state index contributed by atoms with van der Waals surface area (Å²) in [6.07, 6.45) is 0.784. The SMILES string of the molecule is CCc1n[nH]c(CS(=O)Cc2cccc3ccccc23)n1. The van der Waals surface area contributed by atoms with Gasteiger partial charge in [-0.3, -0.25) is 9.31 Å². The highest BCUT2D eigenvalue weighted by molar-refractivity contribution is 7.83. The van der Waals surface area contributed by atoms with E-state index in [0.717, 1.165) is 17.8 Å². The largest absolute Gasteiger partial charge is 0.262 e. The van der Waals surface area contributed by atoms with Crippen molar-refractivity contribution in [1.82, 2.24) is 15.2 Å². The Bertz CT molecular complexity index is 777. The number of aromatic amines is 1. The van der Waals surface area contributed by atoms with Gasteiger partial charge in [-0.25, -0.2) is 4.98 Å². The smallest absolute Gasteiger partial charge is 0.150 e. The molecule has 0 spiro atoms. The highest BCUT2D eigenvalue weighted by Gasteiger charge is 2.09. The Hall–Kier alpha value is -2.01. The van der Waals surface area contributed by atoms with Crippen molar-refractivity contribution >= 4 is 21.6 Å². The van der Waals surface area contributed by atoms with E-state index >= 15 is 0 Å². The molecule has 2 aromatic carbocycles. The number of fused-ring (bicyclic) bond motifs is 1. The fourth-order valence-electron chi connectivity index (χ4n) is 2.35. The maximum Gasteiger partial charge on any atom is 0.150 e. The van der Waals surface area contributed by atoms with Crippen LogP contribution in [-0.2, 0) is 28.7 Å². The van der Waals surface area contributed by atoms with Crippen molar-refractivity contribution in [1.29, 1.82) is 0 Å². The Kier molecular flexibility index (Phi) is 4.10. The van der Waals surface area contributed by atoms with Gasteiger partial charge in [-0.1, -0.05) is 49.4 Å². The van der Waals surface area contributed by atoms with Crippen LogP contribution in [0.5, 0.6) is 0 Å². The normalized spacial score (nSPS) is 12.6. The van der Waals surface area contributed by atoms with E-state index in [9.17, 15) is 4.21 Å². The zero-order valence-corrected chi connectivity index (χ0v) is 12.7. The number of hydrogen-bond acceptors (Lipinski definition) is 3. The molecule has 21 heavy (non-hydrogen) atoms. The standard InChI is InChI=1S/C16H17N3OS/c1-2-15-17-16(19-18-15)11-21(20)10-13-8-5-7-12-6-3-4-9-14(12)13/h3-9H,2,10-11H2,1H3,(H,17,18,19). The summed E-state index contributed by atoms with van der Waals surface area (Å²) in [5, 5.41) is 9.28. The number of H-pyrrole nitrogens is 1. The molecule has 1 aromatic heterocycles. The summed E-state index contributed by atoms with van der Waals surface area (Å²) in [6.45, 7) is 2.00. The third kappa shape index (κ3) is 3.19. The van der Waals surface area contributed by atoms with E-state index in [1.54, 1.807) is 0 Å². The molecular formula is C16H17N3OS. The Morgan fingerprint density at radius 2 is 1.90 bits per heavy atom. The molecule has 1 atom stereocenters. The van der Waals surface area contributed by atoms with Crippen LogP contribution >= 0.6 is 0 Å². The quantitative estimate of drug-likeness (QED) is 0.788. The number of hydrogen-bond donors (Lipinski definition) is 1. The molecule has 0 bridgehead atoms. The van der Waals surface area contributed by atoms with Gasteiger partial charge < -0.3 is 0 Å². The second kappa shape index (κ2) is 6.18. The molecule has 0 aliphatic heterocycles. The lowest BCUT2D eigenvalue weighted by Crippen LogP contribution is -2.01. The van der Waals surface area contributed by atoms with Crippen LogP contribution in [0.4, 0.5) is 0 Å². The average molecular weight is 299 g/mol. The number of benzene rings is 2. The molecule has 0 fully saturated rings. The Labute approximate surface area is 126 Å². The Morgan fingerprint density at radius 3 is 2.71 bits per heavy atom. The van der Waals surface area contributed by atoms with Gasteiger partial charge in [0, 0.05) is 23.0 Å². The molecule has 108 valence electrons. The van der Waals surface area contributed by atoms with Crippen LogP contribution < -0.4 is 0 Å². The molecule has 5 heteroatoms. The van der Waals surface area contributed by atoms with Crippen molar-refractivity contribution in [2.24, 2.45) is 0 Å². The first kappa shape index (κ1) is 13.9. The fourth-order valence-corrected chi connectivity index (χ4v) is 3.49. The third-order valence-corrected chi connectivity index (χ3v) is 4.62. The van der Waals surface area contributed by atoms with E-state index in [1.165, 1.54) is 10.8 Å². The van der Waals surface area contributed by atoms with Gasteiger partial charge in [0.15, 0.2) is 0 Å². The molecule has 0 saturated heterocycles. The number of rotatable bonds is 5. The second-order valence-electron chi connectivity index (χ2n) is 4.92. The van der Waals surface area contributed by atoms with Crippen LogP contribution in [0.25, 0.3) is 10.8 Å². The predicted octanol–water partition coefficient (Wildman–Crippen LogP) is 2.97. The topological polar surface area (TPSA) is 58.6 Å². The summed E-state index contributed by atoms with van der Waals surface area (Å²) in [6, 6.07) is 14.3. The van der Waals surface area contributed by atoms with Gasteiger partial charge in [0.05, 0.1) is 5.75 Å². The zero-order chi connectivity index (χ0) is 14.7. The summed E-state index contributed by atoms with van der Waals surface area (Å²) in [7, 11) is -1.00. The van der Waals surface area contributed by atoms with E-state index in [-0.39, 0.29) is 0 Å². The lowest BCUT2D eigenvalue weighted by Gasteiger charge is -2.05. The Morgan fingerprint density at radius 1 is 1.10 bits per heavy atom. The average Bonchev–Trinajstić information content (AvgIpc) is 2.95. The van der Waals surface area contributed by atoms with Gasteiger partial charge in [-0.2, -0.15) is 5.10 Å². The molecule has 0 aliphatic carbocycles. The molecule has 0 radical (unpaired) electrons. The first-order chi connectivity index (χ1) is 10.3. The highest BCUT2D eigenvalue weighted by Crippen LogP contribution is 2.20. The van der Waals surface area contributed by atoms with Gasteiger partial charge in [-0.15, -0.1) is 0 Å². The summed E-state index contributed by atoms with van der Waals surface area (Å²) < 4.78 is 12.3. The minimum absolute atomic E-state index is 0.413. The van der Waals surface area contributed by atoms with Gasteiger partial charge in [0.1, 0.15) is 11.6 Å². The molecule has 4 nitrogen and oxygen atoms in total. The van der Waals surface area contributed by atoms with Crippen molar-refractivity contribution in [3.63, 3.8) is 0 Å². The third-order valence-electron chi connectivity index (χ3n) is 3.39. The second-order valence-corrected chi connectivity index (χ2v) is 6.38. The first-order valence-electron chi connectivity index (χ1n) is 6.98. The van der Waals surface area contributed by atoms with E-state index in [2.05, 4.69) is 33.4 Å². The van der Waals surface area contributed by atoms with Crippen molar-refractivity contribution < 1.29 is 4.21 Å². The van der Waals surface area contributed by atoms with E-state index in [1.807, 2.05) is 31.2 Å². The molecule has 1 N–H and O–H groups in total. The van der Waals surface area contributed by atoms with Crippen LogP contribution in [0.2, 0.25) is 0 Å². The minimum Gasteiger partial charge on any atom is -0.262 e. The van der Waals surface area contributed by atoms with E-state index < -0.39 is 10.8 Å². The lowest BCUT2D eigenvalue weighted by atomic mass is 10.1. The van der Waals surface area contributed by atoms with Crippen molar-refractivity contribution in [3.05, 3.63) is 59.7 Å². The summed E-state index contributed by atoms with van der Waals surface area (Å²) in [5.74, 6) is 2.41. The molecule has 3 rings (SSSR count). The molecule has 0 aliphatic rings. The monoisotopic (exact) mass is 299 g/mol. The van der Waals surface area contributed by atoms with Crippen LogP contribution in [0.15, 0.2) is 42.5 Å². The number of aryl methyl sites for hydroxylation is 1. The van der Waals surface area contributed by atoms with Gasteiger partial charge in [0.2, 0.25) is 0 Å². The number of nitrogens with one attached hydrogen (secondary N) is 1. The van der Waals surface area contributed by atoms with Crippen molar-refractivity contribution in [2.45, 2.75) is 24.9 Å². The van der Waals surface area contributed by atoms with Gasteiger partial charge in [0.25, 0.3) is 0 Å². The Balaban J connectivity index is 1.77. The van der Waals surface area contributed by atoms with Crippen molar-refractivity contribution in [3.8, 4) is 0 Å². The van der Waals surface area contributed by atoms with E-state index in [0.29, 0.717) is 17.3 Å². The fraction of sp³-hybridized carbons (Fsp3) is 0.250. The first-order valence-corrected chi connectivity index (χ1v) is 8.47. The predicted molar refractivity (Wildman–Crippen MR) is 85.3 cm³/mol. The summed E-state index contributed by atoms with van der Waals surface area (Å²) in [5.41, 5.74) is 1.11. The summed E-state index contributed by atoms with van der Waals surface area (Å²) >= 11 is 0. The van der Waals surface area contributed by atoms with Crippen molar-refractivity contribution in [2.75, 3.05) is 0 Å². The van der Waals surface area contributed by atoms with E-state index in [4.69, 9.17) is 0 Å². The van der Waals surface area contributed by atoms with Gasteiger partial charge >= 0.3 is 0 Å². The molecule has 3 aromatic rings.